The van der Waals surface area contributed by atoms with Gasteiger partial charge in [0.2, 0.25) is 0 Å². The van der Waals surface area contributed by atoms with Crippen LogP contribution < -0.4 is 15.8 Å². The van der Waals surface area contributed by atoms with E-state index in [2.05, 4.69) is 5.32 Å². The molecule has 4 nitrogen and oxygen atoms in total. The third kappa shape index (κ3) is 4.24. The first-order valence-corrected chi connectivity index (χ1v) is 8.17. The lowest BCUT2D eigenvalue weighted by atomic mass is 10.1. The lowest BCUT2D eigenvalue weighted by Gasteiger charge is -2.11. The van der Waals surface area contributed by atoms with Crippen LogP contribution in [0.3, 0.4) is 0 Å². The molecule has 0 aromatic heterocycles. The Balaban J connectivity index is 1.76. The molecule has 6 heteroatoms. The minimum atomic E-state index is -0.308. The van der Waals surface area contributed by atoms with Crippen LogP contribution in [0, 0.1) is 0 Å². The fraction of sp³-hybridized carbons (Fsp3) is 0. The third-order valence-corrected chi connectivity index (χ3v) is 4.02. The Morgan fingerprint density at radius 3 is 2.36 bits per heavy atom. The molecule has 126 valence electrons. The molecule has 3 aromatic carbocycles. The zero-order valence-electron chi connectivity index (χ0n) is 13.0. The Kier molecular flexibility index (Phi) is 5.12. The zero-order chi connectivity index (χ0) is 17.8. The van der Waals surface area contributed by atoms with Crippen molar-refractivity contribution in [2.45, 2.75) is 0 Å². The summed E-state index contributed by atoms with van der Waals surface area (Å²) in [5, 5.41) is 3.83. The van der Waals surface area contributed by atoms with Gasteiger partial charge in [0.15, 0.2) is 0 Å². The van der Waals surface area contributed by atoms with Crippen molar-refractivity contribution in [3.05, 3.63) is 82.3 Å². The number of nitrogens with one attached hydrogen (secondary N) is 1. The lowest BCUT2D eigenvalue weighted by Crippen LogP contribution is -2.12. The van der Waals surface area contributed by atoms with Crippen molar-refractivity contribution in [3.63, 3.8) is 0 Å². The van der Waals surface area contributed by atoms with Crippen LogP contribution in [0.5, 0.6) is 11.5 Å². The topological polar surface area (TPSA) is 64.4 Å². The summed E-state index contributed by atoms with van der Waals surface area (Å²) in [6.07, 6.45) is 0. The summed E-state index contributed by atoms with van der Waals surface area (Å²) < 4.78 is 5.70. The molecule has 3 rings (SSSR count). The highest BCUT2D eigenvalue weighted by Crippen LogP contribution is 2.29. The molecular formula is C19H14Cl2N2O2. The van der Waals surface area contributed by atoms with E-state index < -0.39 is 0 Å². The maximum atomic E-state index is 12.3. The van der Waals surface area contributed by atoms with Crippen LogP contribution in [0.4, 0.5) is 11.4 Å². The van der Waals surface area contributed by atoms with Gasteiger partial charge in [-0.1, -0.05) is 35.3 Å². The van der Waals surface area contributed by atoms with Crippen molar-refractivity contribution in [2.24, 2.45) is 0 Å². The van der Waals surface area contributed by atoms with Crippen molar-refractivity contribution in [1.82, 2.24) is 0 Å². The van der Waals surface area contributed by atoms with Crippen LogP contribution in [0.15, 0.2) is 66.7 Å². The molecule has 0 radical (unpaired) electrons. The molecule has 0 aliphatic carbocycles. The minimum absolute atomic E-state index is 0.308. The van der Waals surface area contributed by atoms with E-state index in [9.17, 15) is 4.79 Å². The van der Waals surface area contributed by atoms with Gasteiger partial charge in [0.1, 0.15) is 11.5 Å². The molecule has 0 spiro atoms. The Hall–Kier alpha value is -2.69. The number of rotatable bonds is 4. The first-order chi connectivity index (χ1) is 12.0. The summed E-state index contributed by atoms with van der Waals surface area (Å²) in [6, 6.07) is 18.8. The second kappa shape index (κ2) is 7.47. The smallest absolute Gasteiger partial charge is 0.255 e. The van der Waals surface area contributed by atoms with E-state index in [-0.39, 0.29) is 5.91 Å². The summed E-state index contributed by atoms with van der Waals surface area (Å²) in [7, 11) is 0. The number of amides is 1. The number of para-hydroxylation sites is 1. The van der Waals surface area contributed by atoms with E-state index in [1.165, 1.54) is 0 Å². The standard InChI is InChI=1S/C19H14Cl2N2O2/c20-13-6-8-14(9-7-13)25-18-10-5-12(11-16(18)22)19(24)23-17-4-2-1-3-15(17)21/h1-11H,22H2,(H,23,24). The van der Waals surface area contributed by atoms with E-state index >= 15 is 0 Å². The van der Waals surface area contributed by atoms with Crippen molar-refractivity contribution in [3.8, 4) is 11.5 Å². The molecule has 0 bridgehead atoms. The van der Waals surface area contributed by atoms with Crippen LogP contribution in [-0.4, -0.2) is 5.91 Å². The molecule has 0 aliphatic heterocycles. The second-order valence-electron chi connectivity index (χ2n) is 5.24. The first-order valence-electron chi connectivity index (χ1n) is 7.42. The van der Waals surface area contributed by atoms with E-state index in [0.29, 0.717) is 38.5 Å². The van der Waals surface area contributed by atoms with Gasteiger partial charge in [-0.25, -0.2) is 0 Å². The third-order valence-electron chi connectivity index (χ3n) is 3.44. The van der Waals surface area contributed by atoms with Gasteiger partial charge >= 0.3 is 0 Å². The van der Waals surface area contributed by atoms with Gasteiger partial charge in [-0.3, -0.25) is 4.79 Å². The van der Waals surface area contributed by atoms with Crippen LogP contribution >= 0.6 is 23.2 Å². The maximum Gasteiger partial charge on any atom is 0.255 e. The predicted octanol–water partition coefficient (Wildman–Crippen LogP) is 5.62. The molecule has 3 N–H and O–H groups in total. The van der Waals surface area contributed by atoms with E-state index in [1.54, 1.807) is 66.7 Å². The molecule has 3 aromatic rings. The van der Waals surface area contributed by atoms with Crippen LogP contribution in [0.1, 0.15) is 10.4 Å². The van der Waals surface area contributed by atoms with Gasteiger partial charge in [-0.05, 0) is 54.6 Å². The fourth-order valence-electron chi connectivity index (χ4n) is 2.17. The van der Waals surface area contributed by atoms with Crippen LogP contribution in [-0.2, 0) is 0 Å². The van der Waals surface area contributed by atoms with E-state index in [0.717, 1.165) is 0 Å². The Morgan fingerprint density at radius 2 is 1.68 bits per heavy atom. The molecule has 1 amide bonds. The van der Waals surface area contributed by atoms with E-state index in [4.69, 9.17) is 33.7 Å². The molecule has 25 heavy (non-hydrogen) atoms. The van der Waals surface area contributed by atoms with Crippen molar-refractivity contribution in [1.29, 1.82) is 0 Å². The SMILES string of the molecule is Nc1cc(C(=O)Nc2ccccc2Cl)ccc1Oc1ccc(Cl)cc1. The number of nitrogen functional groups attached to an aromatic ring is 1. The molecule has 0 aliphatic rings. The summed E-state index contributed by atoms with van der Waals surface area (Å²) in [5.41, 5.74) is 7.29. The molecule has 0 atom stereocenters. The molecular weight excluding hydrogens is 359 g/mol. The Morgan fingerprint density at radius 1 is 0.960 bits per heavy atom. The van der Waals surface area contributed by atoms with E-state index in [1.807, 2.05) is 0 Å². The van der Waals surface area contributed by atoms with Crippen molar-refractivity contribution >= 4 is 40.5 Å². The normalized spacial score (nSPS) is 10.3. The lowest BCUT2D eigenvalue weighted by molar-refractivity contribution is 0.102. The highest BCUT2D eigenvalue weighted by atomic mass is 35.5. The van der Waals surface area contributed by atoms with Gasteiger partial charge < -0.3 is 15.8 Å². The molecule has 0 heterocycles. The average Bonchev–Trinajstić information content (AvgIpc) is 2.60. The van der Waals surface area contributed by atoms with Crippen molar-refractivity contribution in [2.75, 3.05) is 11.1 Å². The van der Waals surface area contributed by atoms with Gasteiger partial charge in [-0.15, -0.1) is 0 Å². The predicted molar refractivity (Wildman–Crippen MR) is 102 cm³/mol. The van der Waals surface area contributed by atoms with Gasteiger partial charge in [-0.2, -0.15) is 0 Å². The quantitative estimate of drug-likeness (QED) is 0.584. The number of benzene rings is 3. The monoisotopic (exact) mass is 372 g/mol. The summed E-state index contributed by atoms with van der Waals surface area (Å²) in [5.74, 6) is 0.749. The number of hydrogen-bond acceptors (Lipinski definition) is 3. The number of carbonyl (C=O) groups is 1. The number of nitrogens with two attached hydrogens (primary N) is 1. The highest BCUT2D eigenvalue weighted by Gasteiger charge is 2.11. The van der Waals surface area contributed by atoms with Gasteiger partial charge in [0.05, 0.1) is 16.4 Å². The number of ether oxygens (including phenoxy) is 1. The highest BCUT2D eigenvalue weighted by molar-refractivity contribution is 6.33. The molecule has 0 unspecified atom stereocenters. The fourth-order valence-corrected chi connectivity index (χ4v) is 2.48. The second-order valence-corrected chi connectivity index (χ2v) is 6.09. The first kappa shape index (κ1) is 17.1. The molecule has 0 saturated heterocycles. The molecule has 0 saturated carbocycles. The summed E-state index contributed by atoms with van der Waals surface area (Å²) >= 11 is 11.9. The number of hydrogen-bond donors (Lipinski definition) is 2. The van der Waals surface area contributed by atoms with Gasteiger partial charge in [0.25, 0.3) is 5.91 Å². The van der Waals surface area contributed by atoms with Crippen LogP contribution in [0.2, 0.25) is 10.0 Å². The molecule has 0 fully saturated rings. The van der Waals surface area contributed by atoms with Gasteiger partial charge in [0, 0.05) is 10.6 Å². The van der Waals surface area contributed by atoms with Crippen molar-refractivity contribution < 1.29 is 9.53 Å². The van der Waals surface area contributed by atoms with Crippen LogP contribution in [0.25, 0.3) is 0 Å². The summed E-state index contributed by atoms with van der Waals surface area (Å²) in [6.45, 7) is 0. The number of anilines is 2. The Labute approximate surface area is 155 Å². The zero-order valence-corrected chi connectivity index (χ0v) is 14.5. The minimum Gasteiger partial charge on any atom is -0.455 e. The number of halogens is 2. The Bertz CT molecular complexity index is 912. The largest absolute Gasteiger partial charge is 0.455 e. The maximum absolute atomic E-state index is 12.3. The number of carbonyl (C=O) groups excluding carboxylic acids is 1. The average molecular weight is 373 g/mol. The summed E-state index contributed by atoms with van der Waals surface area (Å²) in [4.78, 5) is 12.3.